The van der Waals surface area contributed by atoms with E-state index in [4.69, 9.17) is 4.43 Å². The normalized spacial score (nSPS) is 20.8. The Labute approximate surface area is 101 Å². The number of carbonyl (C=O) groups is 1. The molecule has 1 atom stereocenters. The number of rotatable bonds is 5. The Morgan fingerprint density at radius 2 is 1.81 bits per heavy atom. The van der Waals surface area contributed by atoms with Gasteiger partial charge in [-0.2, -0.15) is 0 Å². The number of hydrogen-bond acceptors (Lipinski definition) is 2. The Morgan fingerprint density at radius 1 is 1.25 bits per heavy atom. The summed E-state index contributed by atoms with van der Waals surface area (Å²) in [6.07, 6.45) is 7.31. The Morgan fingerprint density at radius 3 is 2.25 bits per heavy atom. The zero-order chi connectivity index (χ0) is 12.2. The molecule has 0 spiro atoms. The van der Waals surface area contributed by atoms with Crippen LogP contribution < -0.4 is 0 Å². The summed E-state index contributed by atoms with van der Waals surface area (Å²) in [6, 6.07) is 0. The zero-order valence-corrected chi connectivity index (χ0v) is 12.2. The fraction of sp³-hybridized carbons (Fsp3) is 0.923. The molecule has 1 unspecified atom stereocenters. The van der Waals surface area contributed by atoms with Gasteiger partial charge < -0.3 is 4.43 Å². The van der Waals surface area contributed by atoms with Gasteiger partial charge >= 0.3 is 0 Å². The van der Waals surface area contributed by atoms with Gasteiger partial charge in [0.25, 0.3) is 0 Å². The molecule has 0 amide bonds. The summed E-state index contributed by atoms with van der Waals surface area (Å²) in [7, 11) is -1.52. The first-order valence-electron chi connectivity index (χ1n) is 6.56. The van der Waals surface area contributed by atoms with Gasteiger partial charge in [-0.25, -0.2) is 0 Å². The van der Waals surface area contributed by atoms with Gasteiger partial charge in [-0.3, -0.25) is 4.79 Å². The fourth-order valence-corrected chi connectivity index (χ4v) is 3.73. The highest BCUT2D eigenvalue weighted by molar-refractivity contribution is 6.69. The molecule has 0 aromatic heterocycles. The lowest BCUT2D eigenvalue weighted by molar-refractivity contribution is -0.119. The molecule has 0 bridgehead atoms. The van der Waals surface area contributed by atoms with E-state index in [1.165, 1.54) is 32.1 Å². The number of hydrogen-bond donors (Lipinski definition) is 0. The Hall–Kier alpha value is -0.153. The van der Waals surface area contributed by atoms with Gasteiger partial charge in [-0.1, -0.05) is 19.3 Å². The molecule has 2 nitrogen and oxygen atoms in total. The van der Waals surface area contributed by atoms with E-state index in [0.29, 0.717) is 12.3 Å². The number of ketones is 1. The third kappa shape index (κ3) is 5.26. The molecule has 1 aliphatic carbocycles. The van der Waals surface area contributed by atoms with Crippen molar-refractivity contribution in [3.8, 4) is 0 Å². The van der Waals surface area contributed by atoms with Crippen LogP contribution in [-0.2, 0) is 9.22 Å². The molecule has 0 heterocycles. The van der Waals surface area contributed by atoms with E-state index in [9.17, 15) is 4.79 Å². The minimum Gasteiger partial charge on any atom is -0.414 e. The van der Waals surface area contributed by atoms with Gasteiger partial charge in [-0.15, -0.1) is 0 Å². The SMILES string of the molecule is CC(=O)CC(O[Si](C)(C)C)C1CCCCC1. The Kier molecular flexibility index (Phi) is 5.19. The zero-order valence-electron chi connectivity index (χ0n) is 11.2. The molecule has 1 rings (SSSR count). The summed E-state index contributed by atoms with van der Waals surface area (Å²) in [5.41, 5.74) is 0. The molecule has 1 aliphatic rings. The second-order valence-electron chi connectivity index (χ2n) is 6.07. The van der Waals surface area contributed by atoms with Crippen molar-refractivity contribution in [3.05, 3.63) is 0 Å². The van der Waals surface area contributed by atoms with Crippen LogP contribution >= 0.6 is 0 Å². The first-order valence-corrected chi connectivity index (χ1v) is 9.96. The first-order chi connectivity index (χ1) is 7.38. The molecule has 16 heavy (non-hydrogen) atoms. The minimum atomic E-state index is -1.52. The fourth-order valence-electron chi connectivity index (χ4n) is 2.55. The standard InChI is InChI=1S/C13H26O2Si/c1-11(14)10-13(15-16(2,3)4)12-8-6-5-7-9-12/h12-13H,5-10H2,1-4H3. The van der Waals surface area contributed by atoms with Gasteiger partial charge in [0.2, 0.25) is 0 Å². The van der Waals surface area contributed by atoms with Crippen LogP contribution in [0.2, 0.25) is 19.6 Å². The van der Waals surface area contributed by atoms with Gasteiger partial charge in [0.1, 0.15) is 5.78 Å². The lowest BCUT2D eigenvalue weighted by atomic mass is 9.84. The van der Waals surface area contributed by atoms with Gasteiger partial charge in [0.05, 0.1) is 6.10 Å². The quantitative estimate of drug-likeness (QED) is 0.686. The Balaban J connectivity index is 2.58. The average Bonchev–Trinajstić information content (AvgIpc) is 2.15. The number of carbonyl (C=O) groups excluding carboxylic acids is 1. The van der Waals surface area contributed by atoms with Crippen LogP contribution in [0.4, 0.5) is 0 Å². The number of Topliss-reactive ketones (excluding diaryl/α,β-unsaturated/α-hetero) is 1. The molecule has 1 saturated carbocycles. The van der Waals surface area contributed by atoms with Gasteiger partial charge in [0.15, 0.2) is 8.32 Å². The van der Waals surface area contributed by atoms with E-state index < -0.39 is 8.32 Å². The molecular formula is C13H26O2Si. The van der Waals surface area contributed by atoms with Gasteiger partial charge in [-0.05, 0) is 45.3 Å². The third-order valence-electron chi connectivity index (χ3n) is 3.17. The van der Waals surface area contributed by atoms with Crippen molar-refractivity contribution < 1.29 is 9.22 Å². The van der Waals surface area contributed by atoms with E-state index in [0.717, 1.165) is 0 Å². The van der Waals surface area contributed by atoms with Crippen molar-refractivity contribution >= 4 is 14.1 Å². The van der Waals surface area contributed by atoms with Crippen molar-refractivity contribution in [2.75, 3.05) is 0 Å². The maximum absolute atomic E-state index is 11.3. The lowest BCUT2D eigenvalue weighted by Gasteiger charge is -2.34. The summed E-state index contributed by atoms with van der Waals surface area (Å²) in [6.45, 7) is 8.32. The van der Waals surface area contributed by atoms with Crippen molar-refractivity contribution in [1.82, 2.24) is 0 Å². The molecule has 0 radical (unpaired) electrons. The molecule has 0 N–H and O–H groups in total. The molecule has 94 valence electrons. The van der Waals surface area contributed by atoms with Gasteiger partial charge in [0, 0.05) is 6.42 Å². The topological polar surface area (TPSA) is 26.3 Å². The first kappa shape index (κ1) is 13.9. The van der Waals surface area contributed by atoms with E-state index in [-0.39, 0.29) is 11.9 Å². The molecule has 0 saturated heterocycles. The smallest absolute Gasteiger partial charge is 0.184 e. The van der Waals surface area contributed by atoms with Crippen LogP contribution in [0.15, 0.2) is 0 Å². The molecule has 3 heteroatoms. The molecular weight excluding hydrogens is 216 g/mol. The molecule has 0 aliphatic heterocycles. The molecule has 0 aromatic rings. The maximum atomic E-state index is 11.3. The second-order valence-corrected chi connectivity index (χ2v) is 10.5. The average molecular weight is 242 g/mol. The summed E-state index contributed by atoms with van der Waals surface area (Å²) in [4.78, 5) is 11.3. The monoisotopic (exact) mass is 242 g/mol. The predicted octanol–water partition coefficient (Wildman–Crippen LogP) is 3.77. The largest absolute Gasteiger partial charge is 0.414 e. The highest BCUT2D eigenvalue weighted by Crippen LogP contribution is 2.31. The molecule has 1 fully saturated rings. The predicted molar refractivity (Wildman–Crippen MR) is 70.1 cm³/mol. The van der Waals surface area contributed by atoms with E-state index in [2.05, 4.69) is 19.6 Å². The van der Waals surface area contributed by atoms with Crippen molar-refractivity contribution in [3.63, 3.8) is 0 Å². The van der Waals surface area contributed by atoms with Crippen LogP contribution in [0.3, 0.4) is 0 Å². The Bertz CT molecular complexity index is 227. The minimum absolute atomic E-state index is 0.199. The summed E-state index contributed by atoms with van der Waals surface area (Å²) < 4.78 is 6.21. The molecule has 0 aromatic carbocycles. The third-order valence-corrected chi connectivity index (χ3v) is 4.18. The van der Waals surface area contributed by atoms with Crippen LogP contribution in [0.25, 0.3) is 0 Å². The summed E-state index contributed by atoms with van der Waals surface area (Å²) >= 11 is 0. The highest BCUT2D eigenvalue weighted by Gasteiger charge is 2.29. The van der Waals surface area contributed by atoms with Crippen molar-refractivity contribution in [2.24, 2.45) is 5.92 Å². The summed E-state index contributed by atoms with van der Waals surface area (Å²) in [5, 5.41) is 0. The van der Waals surface area contributed by atoms with Crippen LogP contribution in [0.1, 0.15) is 45.4 Å². The summed E-state index contributed by atoms with van der Waals surface area (Å²) in [5.74, 6) is 0.901. The second kappa shape index (κ2) is 5.96. The maximum Gasteiger partial charge on any atom is 0.184 e. The van der Waals surface area contributed by atoms with Crippen LogP contribution in [0.5, 0.6) is 0 Å². The van der Waals surface area contributed by atoms with Crippen molar-refractivity contribution in [2.45, 2.75) is 71.2 Å². The van der Waals surface area contributed by atoms with Crippen LogP contribution in [-0.4, -0.2) is 20.2 Å². The van der Waals surface area contributed by atoms with E-state index >= 15 is 0 Å². The van der Waals surface area contributed by atoms with Crippen molar-refractivity contribution in [1.29, 1.82) is 0 Å². The van der Waals surface area contributed by atoms with E-state index in [1.54, 1.807) is 6.92 Å². The van der Waals surface area contributed by atoms with E-state index in [1.807, 2.05) is 0 Å². The highest BCUT2D eigenvalue weighted by atomic mass is 28.4. The lowest BCUT2D eigenvalue weighted by Crippen LogP contribution is -2.38. The van der Waals surface area contributed by atoms with Crippen LogP contribution in [0, 0.1) is 5.92 Å².